The third-order valence-corrected chi connectivity index (χ3v) is 4.86. The van der Waals surface area contributed by atoms with Gasteiger partial charge in [-0.1, -0.05) is 30.3 Å². The van der Waals surface area contributed by atoms with Gasteiger partial charge >= 0.3 is 12.0 Å². The van der Waals surface area contributed by atoms with Gasteiger partial charge < -0.3 is 10.1 Å². The summed E-state index contributed by atoms with van der Waals surface area (Å²) in [5.41, 5.74) is 2.05. The fourth-order valence-electron chi connectivity index (χ4n) is 3.43. The van der Waals surface area contributed by atoms with E-state index in [1.807, 2.05) is 30.3 Å². The second kappa shape index (κ2) is 9.04. The first-order valence-corrected chi connectivity index (χ1v) is 9.52. The summed E-state index contributed by atoms with van der Waals surface area (Å²) in [6.45, 7) is 11.0. The molecule has 1 atom stereocenters. The quantitative estimate of drug-likeness (QED) is 0.745. The minimum atomic E-state index is -0.523. The van der Waals surface area contributed by atoms with E-state index >= 15 is 0 Å². The molecule has 0 aliphatic carbocycles. The molecule has 0 unspecified atom stereocenters. The van der Waals surface area contributed by atoms with Crippen LogP contribution in [0.5, 0.6) is 0 Å². The Balaban J connectivity index is 2.59. The van der Waals surface area contributed by atoms with E-state index in [-0.39, 0.29) is 30.7 Å². The fourth-order valence-corrected chi connectivity index (χ4v) is 3.43. The van der Waals surface area contributed by atoms with Crippen LogP contribution in [0.2, 0.25) is 0 Å². The summed E-state index contributed by atoms with van der Waals surface area (Å²) in [6, 6.07) is 9.33. The van der Waals surface area contributed by atoms with Crippen LogP contribution in [0.15, 0.2) is 41.6 Å². The first-order valence-electron chi connectivity index (χ1n) is 9.52. The van der Waals surface area contributed by atoms with Crippen LogP contribution in [0, 0.1) is 0 Å². The normalized spacial score (nSPS) is 17.7. The second-order valence-electron chi connectivity index (χ2n) is 7.29. The van der Waals surface area contributed by atoms with Crippen molar-refractivity contribution in [2.75, 3.05) is 20.2 Å². The fraction of sp³-hybridized carbons (Fsp3) is 0.524. The van der Waals surface area contributed by atoms with Crippen molar-refractivity contribution < 1.29 is 14.3 Å². The van der Waals surface area contributed by atoms with Crippen LogP contribution < -0.4 is 5.32 Å². The maximum Gasteiger partial charge on any atom is 0.338 e. The number of rotatable bonds is 7. The summed E-state index contributed by atoms with van der Waals surface area (Å²) in [5.74, 6) is -0.388. The topological polar surface area (TPSA) is 61.9 Å². The standard InChI is InChI=1S/C21H31N3O3/c1-7-27-20(25)18-17(13-24(14(2)3)15(4)5)23(6)21(26)22-19(18)16-11-9-8-10-12-16/h8-12,14-15,19H,7,13H2,1-6H3,(H,22,26)/t19-/m0/s1. The lowest BCUT2D eigenvalue weighted by atomic mass is 9.94. The van der Waals surface area contributed by atoms with Crippen molar-refractivity contribution in [1.29, 1.82) is 0 Å². The Kier molecular flexibility index (Phi) is 7.02. The molecule has 2 amide bonds. The third kappa shape index (κ3) is 4.69. The number of esters is 1. The van der Waals surface area contributed by atoms with Crippen LogP contribution in [-0.2, 0) is 9.53 Å². The molecule has 6 heteroatoms. The molecule has 0 saturated heterocycles. The maximum absolute atomic E-state index is 12.9. The van der Waals surface area contributed by atoms with E-state index < -0.39 is 6.04 Å². The lowest BCUT2D eigenvalue weighted by molar-refractivity contribution is -0.139. The zero-order valence-electron chi connectivity index (χ0n) is 17.2. The minimum Gasteiger partial charge on any atom is -0.463 e. The highest BCUT2D eigenvalue weighted by Gasteiger charge is 2.37. The molecular weight excluding hydrogens is 342 g/mol. The first kappa shape index (κ1) is 21.0. The zero-order chi connectivity index (χ0) is 20.1. The Morgan fingerprint density at radius 2 is 1.78 bits per heavy atom. The minimum absolute atomic E-state index is 0.223. The summed E-state index contributed by atoms with van der Waals surface area (Å²) in [6.07, 6.45) is 0. The SMILES string of the molecule is CCOC(=O)C1=C(CN(C(C)C)C(C)C)N(C)C(=O)N[C@H]1c1ccccc1. The lowest BCUT2D eigenvalue weighted by Gasteiger charge is -2.39. The molecule has 0 radical (unpaired) electrons. The van der Waals surface area contributed by atoms with Gasteiger partial charge in [0.05, 0.1) is 18.2 Å². The molecule has 0 bridgehead atoms. The van der Waals surface area contributed by atoms with E-state index in [0.717, 1.165) is 5.56 Å². The Morgan fingerprint density at radius 1 is 1.19 bits per heavy atom. The summed E-state index contributed by atoms with van der Waals surface area (Å²) >= 11 is 0. The maximum atomic E-state index is 12.9. The summed E-state index contributed by atoms with van der Waals surface area (Å²) < 4.78 is 5.36. The van der Waals surface area contributed by atoms with E-state index in [2.05, 4.69) is 37.9 Å². The molecule has 0 aromatic heterocycles. The summed E-state index contributed by atoms with van der Waals surface area (Å²) in [4.78, 5) is 29.3. The van der Waals surface area contributed by atoms with E-state index in [9.17, 15) is 9.59 Å². The van der Waals surface area contributed by atoms with Crippen LogP contribution >= 0.6 is 0 Å². The highest BCUT2D eigenvalue weighted by Crippen LogP contribution is 2.31. The highest BCUT2D eigenvalue weighted by molar-refractivity contribution is 5.95. The van der Waals surface area contributed by atoms with Gasteiger partial charge in [-0.15, -0.1) is 0 Å². The molecule has 2 rings (SSSR count). The van der Waals surface area contributed by atoms with E-state index in [1.165, 1.54) is 4.90 Å². The molecule has 1 aliphatic heterocycles. The number of urea groups is 1. The van der Waals surface area contributed by atoms with Crippen molar-refractivity contribution >= 4 is 12.0 Å². The summed E-state index contributed by atoms with van der Waals surface area (Å²) in [7, 11) is 1.70. The lowest BCUT2D eigenvalue weighted by Crippen LogP contribution is -2.50. The number of likely N-dealkylation sites (N-methyl/N-ethyl adjacent to an activating group) is 1. The van der Waals surface area contributed by atoms with Crippen molar-refractivity contribution in [2.45, 2.75) is 52.7 Å². The molecule has 1 heterocycles. The van der Waals surface area contributed by atoms with Gasteiger partial charge in [0.1, 0.15) is 0 Å². The van der Waals surface area contributed by atoms with Crippen molar-refractivity contribution in [3.63, 3.8) is 0 Å². The van der Waals surface area contributed by atoms with Crippen molar-refractivity contribution in [1.82, 2.24) is 15.1 Å². The van der Waals surface area contributed by atoms with Gasteiger partial charge in [-0.25, -0.2) is 9.59 Å². The number of hydrogen-bond acceptors (Lipinski definition) is 4. The summed E-state index contributed by atoms with van der Waals surface area (Å²) in [5, 5.41) is 2.94. The van der Waals surface area contributed by atoms with Crippen molar-refractivity contribution in [3.8, 4) is 0 Å². The number of nitrogens with zero attached hydrogens (tertiary/aromatic N) is 2. The predicted molar refractivity (Wildman–Crippen MR) is 106 cm³/mol. The van der Waals surface area contributed by atoms with E-state index in [1.54, 1.807) is 14.0 Å². The smallest absolute Gasteiger partial charge is 0.338 e. The van der Waals surface area contributed by atoms with Crippen LogP contribution in [0.3, 0.4) is 0 Å². The number of amides is 2. The molecule has 0 saturated carbocycles. The van der Waals surface area contributed by atoms with Gasteiger partial charge in [0, 0.05) is 31.4 Å². The molecule has 0 spiro atoms. The largest absolute Gasteiger partial charge is 0.463 e. The van der Waals surface area contributed by atoms with E-state index in [4.69, 9.17) is 4.74 Å². The molecular formula is C21H31N3O3. The molecule has 27 heavy (non-hydrogen) atoms. The van der Waals surface area contributed by atoms with Crippen molar-refractivity contribution in [3.05, 3.63) is 47.2 Å². The Hall–Kier alpha value is -2.34. The average molecular weight is 373 g/mol. The number of nitrogens with one attached hydrogen (secondary N) is 1. The monoisotopic (exact) mass is 373 g/mol. The van der Waals surface area contributed by atoms with Crippen molar-refractivity contribution in [2.24, 2.45) is 0 Å². The molecule has 6 nitrogen and oxygen atoms in total. The van der Waals surface area contributed by atoms with Crippen LogP contribution in [0.4, 0.5) is 4.79 Å². The predicted octanol–water partition coefficient (Wildman–Crippen LogP) is 3.32. The molecule has 1 aromatic carbocycles. The third-order valence-electron chi connectivity index (χ3n) is 4.86. The number of carbonyl (C=O) groups excluding carboxylic acids is 2. The molecule has 1 aromatic rings. The van der Waals surface area contributed by atoms with Gasteiger partial charge in [0.15, 0.2) is 0 Å². The Morgan fingerprint density at radius 3 is 2.30 bits per heavy atom. The molecule has 1 aliphatic rings. The Labute approximate surface area is 162 Å². The number of benzene rings is 1. The molecule has 1 N–H and O–H groups in total. The first-order chi connectivity index (χ1) is 12.8. The van der Waals surface area contributed by atoms with Crippen LogP contribution in [-0.4, -0.2) is 54.1 Å². The number of ether oxygens (including phenoxy) is 1. The second-order valence-corrected chi connectivity index (χ2v) is 7.29. The van der Waals surface area contributed by atoms with E-state index in [0.29, 0.717) is 17.8 Å². The highest BCUT2D eigenvalue weighted by atomic mass is 16.5. The van der Waals surface area contributed by atoms with Crippen LogP contribution in [0.1, 0.15) is 46.2 Å². The number of hydrogen-bond donors (Lipinski definition) is 1. The van der Waals surface area contributed by atoms with Gasteiger partial charge in [-0.2, -0.15) is 0 Å². The molecule has 148 valence electrons. The Bertz CT molecular complexity index is 690. The van der Waals surface area contributed by atoms with Gasteiger partial charge in [0.25, 0.3) is 0 Å². The average Bonchev–Trinajstić information content (AvgIpc) is 2.62. The van der Waals surface area contributed by atoms with Gasteiger partial charge in [0.2, 0.25) is 0 Å². The molecule has 0 fully saturated rings. The zero-order valence-corrected chi connectivity index (χ0v) is 17.2. The van der Waals surface area contributed by atoms with Gasteiger partial charge in [-0.05, 0) is 40.2 Å². The van der Waals surface area contributed by atoms with Crippen LogP contribution in [0.25, 0.3) is 0 Å². The number of carbonyl (C=O) groups is 2. The van der Waals surface area contributed by atoms with Gasteiger partial charge in [-0.3, -0.25) is 9.80 Å².